The first-order valence-electron chi connectivity index (χ1n) is 9.75. The molecule has 0 fully saturated rings. The molecule has 0 aromatic heterocycles. The molecule has 7 nitrogen and oxygen atoms in total. The van der Waals surface area contributed by atoms with Crippen LogP contribution in [0.25, 0.3) is 0 Å². The summed E-state index contributed by atoms with van der Waals surface area (Å²) in [6, 6.07) is 21.9. The predicted octanol–water partition coefficient (Wildman–Crippen LogP) is 3.25. The van der Waals surface area contributed by atoms with Crippen LogP contribution >= 0.6 is 0 Å². The Balaban J connectivity index is 1.37. The Hall–Kier alpha value is -4.26. The number of rotatable bonds is 6. The van der Waals surface area contributed by atoms with E-state index in [9.17, 15) is 19.2 Å². The summed E-state index contributed by atoms with van der Waals surface area (Å²) in [5.41, 5.74) is 2.07. The van der Waals surface area contributed by atoms with Crippen molar-refractivity contribution in [3.05, 3.63) is 95.6 Å². The molecule has 2 N–H and O–H groups in total. The molecule has 31 heavy (non-hydrogen) atoms. The summed E-state index contributed by atoms with van der Waals surface area (Å²) in [4.78, 5) is 50.7. The van der Waals surface area contributed by atoms with Gasteiger partial charge in [-0.15, -0.1) is 0 Å². The maximum absolute atomic E-state index is 12.6. The van der Waals surface area contributed by atoms with Gasteiger partial charge in [0.2, 0.25) is 5.91 Å². The summed E-state index contributed by atoms with van der Waals surface area (Å²) in [5.74, 6) is -1.34. The number of hydrogen-bond donors (Lipinski definition) is 2. The summed E-state index contributed by atoms with van der Waals surface area (Å²) >= 11 is 0. The Morgan fingerprint density at radius 3 is 2.10 bits per heavy atom. The number of hydrogen-bond acceptors (Lipinski definition) is 4. The molecular formula is C24H19N3O4. The van der Waals surface area contributed by atoms with E-state index in [0.717, 1.165) is 4.90 Å². The zero-order valence-electron chi connectivity index (χ0n) is 16.5. The highest BCUT2D eigenvalue weighted by atomic mass is 16.2. The van der Waals surface area contributed by atoms with E-state index in [1.165, 1.54) is 0 Å². The van der Waals surface area contributed by atoms with Crippen LogP contribution in [0.4, 0.5) is 11.4 Å². The Bertz CT molecular complexity index is 1140. The molecule has 3 aromatic carbocycles. The predicted molar refractivity (Wildman–Crippen MR) is 116 cm³/mol. The average molecular weight is 413 g/mol. The fourth-order valence-corrected chi connectivity index (χ4v) is 3.35. The number of fused-ring (bicyclic) bond motifs is 1. The highest BCUT2D eigenvalue weighted by molar-refractivity contribution is 6.34. The van der Waals surface area contributed by atoms with Gasteiger partial charge in [-0.1, -0.05) is 36.4 Å². The monoisotopic (exact) mass is 413 g/mol. The molecule has 0 saturated carbocycles. The Labute approximate surface area is 178 Å². The third kappa shape index (κ3) is 4.20. The second-order valence-electron chi connectivity index (χ2n) is 6.96. The highest BCUT2D eigenvalue weighted by Crippen LogP contribution is 2.29. The van der Waals surface area contributed by atoms with Crippen molar-refractivity contribution in [2.45, 2.75) is 6.42 Å². The standard InChI is InChI=1S/C24H19N3O4/c28-21(13-14-25-22(29)16-7-2-1-3-8-16)26-17-9-6-10-18(15-17)27-23(30)19-11-4-5-12-20(19)24(27)31/h1-12,15H,13-14H2,(H,25,29)(H,26,28). The lowest BCUT2D eigenvalue weighted by molar-refractivity contribution is -0.116. The molecule has 4 amide bonds. The molecule has 0 radical (unpaired) electrons. The molecular weight excluding hydrogens is 394 g/mol. The molecule has 7 heteroatoms. The van der Waals surface area contributed by atoms with Crippen LogP contribution in [0.5, 0.6) is 0 Å². The first-order valence-corrected chi connectivity index (χ1v) is 9.75. The zero-order chi connectivity index (χ0) is 21.8. The van der Waals surface area contributed by atoms with E-state index in [1.807, 2.05) is 6.07 Å². The van der Waals surface area contributed by atoms with Gasteiger partial charge in [0.1, 0.15) is 0 Å². The van der Waals surface area contributed by atoms with Gasteiger partial charge in [-0.2, -0.15) is 0 Å². The normalized spacial score (nSPS) is 12.5. The largest absolute Gasteiger partial charge is 0.352 e. The maximum Gasteiger partial charge on any atom is 0.266 e. The van der Waals surface area contributed by atoms with Crippen LogP contribution in [0.3, 0.4) is 0 Å². The van der Waals surface area contributed by atoms with Crippen LogP contribution < -0.4 is 15.5 Å². The van der Waals surface area contributed by atoms with Crippen molar-refractivity contribution in [3.8, 4) is 0 Å². The second-order valence-corrected chi connectivity index (χ2v) is 6.96. The smallest absolute Gasteiger partial charge is 0.266 e. The number of imide groups is 1. The second kappa shape index (κ2) is 8.62. The lowest BCUT2D eigenvalue weighted by atomic mass is 10.1. The zero-order valence-corrected chi connectivity index (χ0v) is 16.5. The van der Waals surface area contributed by atoms with Crippen molar-refractivity contribution < 1.29 is 19.2 Å². The van der Waals surface area contributed by atoms with Gasteiger partial charge < -0.3 is 10.6 Å². The maximum atomic E-state index is 12.6. The van der Waals surface area contributed by atoms with Crippen molar-refractivity contribution in [3.63, 3.8) is 0 Å². The Morgan fingerprint density at radius 1 is 0.774 bits per heavy atom. The molecule has 3 aromatic rings. The molecule has 0 spiro atoms. The van der Waals surface area contributed by atoms with Gasteiger partial charge in [0, 0.05) is 24.2 Å². The summed E-state index contributed by atoms with van der Waals surface area (Å²) in [6.07, 6.45) is 0.0792. The van der Waals surface area contributed by atoms with Gasteiger partial charge in [-0.3, -0.25) is 19.2 Å². The Morgan fingerprint density at radius 2 is 1.42 bits per heavy atom. The number of benzene rings is 3. The number of carbonyl (C=O) groups is 4. The van der Waals surface area contributed by atoms with E-state index < -0.39 is 11.8 Å². The van der Waals surface area contributed by atoms with Crippen LogP contribution in [0.2, 0.25) is 0 Å². The molecule has 4 rings (SSSR count). The number of nitrogens with one attached hydrogen (secondary N) is 2. The Kier molecular flexibility index (Phi) is 5.57. The minimum atomic E-state index is -0.396. The SMILES string of the molecule is O=C(CCNC(=O)c1ccccc1)Nc1cccc(N2C(=O)c3ccccc3C2=O)c1. The molecule has 0 atom stereocenters. The van der Waals surface area contributed by atoms with Gasteiger partial charge in [0.05, 0.1) is 16.8 Å². The van der Waals surface area contributed by atoms with Crippen LogP contribution in [0.1, 0.15) is 37.5 Å². The van der Waals surface area contributed by atoms with Crippen LogP contribution in [0.15, 0.2) is 78.9 Å². The molecule has 0 aliphatic carbocycles. The molecule has 0 saturated heterocycles. The molecule has 0 unspecified atom stereocenters. The van der Waals surface area contributed by atoms with Crippen LogP contribution in [-0.2, 0) is 4.79 Å². The molecule has 1 heterocycles. The first-order chi connectivity index (χ1) is 15.0. The quantitative estimate of drug-likeness (QED) is 0.607. The number of carbonyl (C=O) groups excluding carboxylic acids is 4. The van der Waals surface area contributed by atoms with Crippen LogP contribution in [0, 0.1) is 0 Å². The van der Waals surface area contributed by atoms with Crippen molar-refractivity contribution in [2.24, 2.45) is 0 Å². The van der Waals surface area contributed by atoms with Gasteiger partial charge in [0.25, 0.3) is 17.7 Å². The number of nitrogens with zero attached hydrogens (tertiary/aromatic N) is 1. The van der Waals surface area contributed by atoms with Gasteiger partial charge in [-0.05, 0) is 42.5 Å². The van der Waals surface area contributed by atoms with E-state index in [2.05, 4.69) is 10.6 Å². The van der Waals surface area contributed by atoms with Gasteiger partial charge in [0.15, 0.2) is 0 Å². The van der Waals surface area contributed by atoms with Crippen LogP contribution in [-0.4, -0.2) is 30.2 Å². The highest BCUT2D eigenvalue weighted by Gasteiger charge is 2.36. The third-order valence-electron chi connectivity index (χ3n) is 4.86. The summed E-state index contributed by atoms with van der Waals surface area (Å²) in [7, 11) is 0. The number of anilines is 2. The van der Waals surface area contributed by atoms with Gasteiger partial charge >= 0.3 is 0 Å². The molecule has 154 valence electrons. The lowest BCUT2D eigenvalue weighted by Crippen LogP contribution is -2.29. The molecule has 1 aliphatic heterocycles. The summed E-state index contributed by atoms with van der Waals surface area (Å²) in [5, 5.41) is 5.43. The van der Waals surface area contributed by atoms with Gasteiger partial charge in [-0.25, -0.2) is 4.90 Å². The van der Waals surface area contributed by atoms with Crippen molar-refractivity contribution in [1.82, 2.24) is 5.32 Å². The lowest BCUT2D eigenvalue weighted by Gasteiger charge is -2.15. The average Bonchev–Trinajstić information content (AvgIpc) is 3.05. The fraction of sp³-hybridized carbons (Fsp3) is 0.0833. The van der Waals surface area contributed by atoms with E-state index in [-0.39, 0.29) is 24.8 Å². The van der Waals surface area contributed by atoms with E-state index in [4.69, 9.17) is 0 Å². The van der Waals surface area contributed by atoms with E-state index >= 15 is 0 Å². The topological polar surface area (TPSA) is 95.6 Å². The minimum Gasteiger partial charge on any atom is -0.352 e. The van der Waals surface area contributed by atoms with Crippen molar-refractivity contribution >= 4 is 35.0 Å². The van der Waals surface area contributed by atoms with E-state index in [0.29, 0.717) is 28.1 Å². The summed E-state index contributed by atoms with van der Waals surface area (Å²) < 4.78 is 0. The van der Waals surface area contributed by atoms with Crippen molar-refractivity contribution in [2.75, 3.05) is 16.8 Å². The minimum absolute atomic E-state index is 0.0792. The molecule has 0 bridgehead atoms. The first kappa shape index (κ1) is 20.0. The summed E-state index contributed by atoms with van der Waals surface area (Å²) in [6.45, 7) is 0.178. The third-order valence-corrected chi connectivity index (χ3v) is 4.86. The van der Waals surface area contributed by atoms with Crippen molar-refractivity contribution in [1.29, 1.82) is 0 Å². The fourth-order valence-electron chi connectivity index (χ4n) is 3.35. The molecule has 1 aliphatic rings. The number of amides is 4. The van der Waals surface area contributed by atoms with E-state index in [1.54, 1.807) is 72.8 Å².